The van der Waals surface area contributed by atoms with Gasteiger partial charge in [-0.25, -0.2) is 0 Å². The number of nitrogens with zero attached hydrogens (tertiary/aromatic N) is 2. The zero-order valence-electron chi connectivity index (χ0n) is 32.4. The van der Waals surface area contributed by atoms with Crippen LogP contribution in [-0.4, -0.2) is 104 Å². The summed E-state index contributed by atoms with van der Waals surface area (Å²) in [7, 11) is 4.82. The van der Waals surface area contributed by atoms with E-state index in [2.05, 4.69) is 21.3 Å². The lowest BCUT2D eigenvalue weighted by atomic mass is 9.95. The van der Waals surface area contributed by atoms with Crippen LogP contribution in [0.2, 0.25) is 0 Å². The summed E-state index contributed by atoms with van der Waals surface area (Å²) >= 11 is 0. The summed E-state index contributed by atoms with van der Waals surface area (Å²) in [5, 5.41) is 11.8. The highest BCUT2D eigenvalue weighted by Gasteiger charge is 2.40. The van der Waals surface area contributed by atoms with Gasteiger partial charge in [0, 0.05) is 20.6 Å². The summed E-state index contributed by atoms with van der Waals surface area (Å²) in [5.41, 5.74) is 0.977. The summed E-state index contributed by atoms with van der Waals surface area (Å²) in [6.07, 6.45) is 0.563. The van der Waals surface area contributed by atoms with E-state index in [0.29, 0.717) is 24.5 Å². The summed E-state index contributed by atoms with van der Waals surface area (Å²) in [5.74, 6) is -1.62. The van der Waals surface area contributed by atoms with Crippen LogP contribution in [0.5, 0.6) is 11.5 Å². The van der Waals surface area contributed by atoms with Gasteiger partial charge in [-0.05, 0) is 60.8 Å². The minimum Gasteiger partial charge on any atom is -0.454 e. The van der Waals surface area contributed by atoms with Gasteiger partial charge in [0.15, 0.2) is 11.5 Å². The highest BCUT2D eigenvalue weighted by Crippen LogP contribution is 2.32. The maximum Gasteiger partial charge on any atom is 0.245 e. The highest BCUT2D eigenvalue weighted by molar-refractivity contribution is 5.96. The molecule has 0 spiro atoms. The molecule has 4 N–H and O–H groups in total. The van der Waals surface area contributed by atoms with Gasteiger partial charge in [-0.3, -0.25) is 24.0 Å². The number of carbonyl (C=O) groups is 5. The number of amides is 5. The lowest BCUT2D eigenvalue weighted by molar-refractivity contribution is -0.147. The van der Waals surface area contributed by atoms with Crippen molar-refractivity contribution in [2.75, 3.05) is 34.5 Å². The van der Waals surface area contributed by atoms with Crippen LogP contribution in [0, 0.1) is 29.6 Å². The molecule has 50 heavy (non-hydrogen) atoms. The normalized spacial score (nSPS) is 15.5. The van der Waals surface area contributed by atoms with E-state index in [0.717, 1.165) is 5.56 Å². The van der Waals surface area contributed by atoms with E-state index >= 15 is 0 Å². The van der Waals surface area contributed by atoms with Crippen LogP contribution in [0.4, 0.5) is 0 Å². The van der Waals surface area contributed by atoms with Crippen molar-refractivity contribution in [1.82, 2.24) is 31.1 Å². The molecule has 0 aliphatic carbocycles. The van der Waals surface area contributed by atoms with Gasteiger partial charge < -0.3 is 40.5 Å². The van der Waals surface area contributed by atoms with Crippen LogP contribution in [-0.2, 0) is 30.4 Å². The van der Waals surface area contributed by atoms with Gasteiger partial charge in [-0.2, -0.15) is 0 Å². The predicted molar refractivity (Wildman–Crippen MR) is 193 cm³/mol. The predicted octanol–water partition coefficient (Wildman–Crippen LogP) is 2.57. The van der Waals surface area contributed by atoms with Gasteiger partial charge in [-0.15, -0.1) is 0 Å². The van der Waals surface area contributed by atoms with Gasteiger partial charge in [0.1, 0.15) is 24.2 Å². The average Bonchev–Trinajstić information content (AvgIpc) is 3.49. The number of likely N-dealkylation sites (N-methyl/N-ethyl adjacent to an activating group) is 3. The third-order valence-electron chi connectivity index (χ3n) is 9.20. The van der Waals surface area contributed by atoms with E-state index in [4.69, 9.17) is 9.47 Å². The molecule has 5 amide bonds. The van der Waals surface area contributed by atoms with Crippen molar-refractivity contribution in [2.45, 2.75) is 106 Å². The second kappa shape index (κ2) is 18.9. The van der Waals surface area contributed by atoms with Crippen molar-refractivity contribution in [3.8, 4) is 11.5 Å². The molecule has 0 bridgehead atoms. The molecule has 1 aromatic carbocycles. The molecule has 0 aromatic heterocycles. The Bertz CT molecular complexity index is 1330. The second-order valence-electron chi connectivity index (χ2n) is 15.0. The average molecular weight is 703 g/mol. The van der Waals surface area contributed by atoms with Gasteiger partial charge in [-0.1, -0.05) is 75.3 Å². The van der Waals surface area contributed by atoms with E-state index in [-0.39, 0.29) is 48.2 Å². The molecule has 0 unspecified atom stereocenters. The molecule has 13 heteroatoms. The first-order chi connectivity index (χ1) is 23.3. The number of hydrogen-bond acceptors (Lipinski definition) is 8. The first kappa shape index (κ1) is 42.3. The quantitative estimate of drug-likeness (QED) is 0.182. The Morgan fingerprint density at radius 3 is 1.56 bits per heavy atom. The maximum atomic E-state index is 14.0. The number of benzene rings is 1. The molecule has 5 atom stereocenters. The van der Waals surface area contributed by atoms with Crippen molar-refractivity contribution >= 4 is 29.5 Å². The summed E-state index contributed by atoms with van der Waals surface area (Å²) in [6.45, 7) is 19.1. The van der Waals surface area contributed by atoms with E-state index in [1.54, 1.807) is 21.1 Å². The zero-order valence-corrected chi connectivity index (χ0v) is 32.4. The zero-order chi connectivity index (χ0) is 38.0. The molecule has 1 aromatic rings. The Labute approximate surface area is 298 Å². The Morgan fingerprint density at radius 1 is 0.640 bits per heavy atom. The molecule has 1 aliphatic heterocycles. The van der Waals surface area contributed by atoms with Crippen molar-refractivity contribution in [2.24, 2.45) is 29.6 Å². The number of carbonyl (C=O) groups excluding carboxylic acids is 5. The van der Waals surface area contributed by atoms with E-state index in [9.17, 15) is 24.0 Å². The van der Waals surface area contributed by atoms with Gasteiger partial charge in [0.05, 0.1) is 6.04 Å². The Morgan fingerprint density at radius 2 is 1.10 bits per heavy atom. The van der Waals surface area contributed by atoms with Crippen LogP contribution < -0.4 is 30.7 Å². The minimum atomic E-state index is -0.956. The fourth-order valence-electron chi connectivity index (χ4n) is 6.37. The topological polar surface area (TPSA) is 158 Å². The van der Waals surface area contributed by atoms with Crippen LogP contribution >= 0.6 is 0 Å². The maximum absolute atomic E-state index is 14.0. The molecular formula is C37H62N6O7. The minimum absolute atomic E-state index is 0.00101. The smallest absolute Gasteiger partial charge is 0.245 e. The standard InChI is InChI=1S/C37H62N6O7/c1-20(2)28(38-11)33(44)40-29(21(3)4)36(47)43(13)32(24(9)10)35(46)41-30(22(5)6)37(48)42(12)31(23(7)8)34(45)39-17-16-25-14-15-26-27(18-25)50-19-49-26/h14-15,18,20-24,28-32,38H,16-17,19H2,1-13H3,(H,39,45)(H,40,44)(H,41,46)/t28-,29-,30-,31-,32-/m0/s1. The summed E-state index contributed by atoms with van der Waals surface area (Å²) < 4.78 is 10.8. The molecule has 282 valence electrons. The molecule has 13 nitrogen and oxygen atoms in total. The van der Waals surface area contributed by atoms with E-state index in [1.807, 2.05) is 87.4 Å². The van der Waals surface area contributed by atoms with Crippen molar-refractivity contribution in [1.29, 1.82) is 0 Å². The molecule has 0 saturated heterocycles. The number of nitrogens with one attached hydrogen (secondary N) is 4. The fourth-order valence-corrected chi connectivity index (χ4v) is 6.37. The Kier molecular flexibility index (Phi) is 16.0. The summed E-state index contributed by atoms with van der Waals surface area (Å²) in [4.78, 5) is 71.1. The van der Waals surface area contributed by atoms with Gasteiger partial charge >= 0.3 is 0 Å². The molecule has 1 heterocycles. The van der Waals surface area contributed by atoms with E-state index in [1.165, 1.54) is 9.80 Å². The first-order valence-electron chi connectivity index (χ1n) is 17.8. The number of rotatable bonds is 18. The van der Waals surface area contributed by atoms with Gasteiger partial charge in [0.25, 0.3) is 0 Å². The molecular weight excluding hydrogens is 640 g/mol. The monoisotopic (exact) mass is 702 g/mol. The lowest BCUT2D eigenvalue weighted by Gasteiger charge is -2.37. The van der Waals surface area contributed by atoms with Crippen LogP contribution in [0.15, 0.2) is 18.2 Å². The van der Waals surface area contributed by atoms with Crippen LogP contribution in [0.1, 0.15) is 74.8 Å². The SMILES string of the molecule is CN[C@H](C(=O)N[C@H](C(=O)N(C)[C@H](C(=O)N[C@H](C(=O)N(C)[C@H](C(=O)NCCc1ccc2c(c1)OCO2)C(C)C)C(C)C)C(C)C)C(C)C)C(C)C. The molecule has 0 radical (unpaired) electrons. The van der Waals surface area contributed by atoms with Crippen molar-refractivity contribution in [3.05, 3.63) is 23.8 Å². The first-order valence-corrected chi connectivity index (χ1v) is 17.8. The lowest BCUT2D eigenvalue weighted by Crippen LogP contribution is -2.62. The third-order valence-corrected chi connectivity index (χ3v) is 9.20. The van der Waals surface area contributed by atoms with Crippen molar-refractivity contribution < 1.29 is 33.4 Å². The van der Waals surface area contributed by atoms with Crippen molar-refractivity contribution in [3.63, 3.8) is 0 Å². The van der Waals surface area contributed by atoms with Crippen LogP contribution in [0.3, 0.4) is 0 Å². The number of fused-ring (bicyclic) bond motifs is 1. The third kappa shape index (κ3) is 10.8. The van der Waals surface area contributed by atoms with Crippen LogP contribution in [0.25, 0.3) is 0 Å². The molecule has 1 aliphatic rings. The number of ether oxygens (including phenoxy) is 2. The molecule has 0 fully saturated rings. The highest BCUT2D eigenvalue weighted by atomic mass is 16.7. The summed E-state index contributed by atoms with van der Waals surface area (Å²) in [6, 6.07) is 1.64. The Hall–Kier alpha value is -3.87. The number of hydrogen-bond donors (Lipinski definition) is 4. The second-order valence-corrected chi connectivity index (χ2v) is 15.0. The Balaban J connectivity index is 2.18. The van der Waals surface area contributed by atoms with E-state index < -0.39 is 47.9 Å². The molecule has 0 saturated carbocycles. The van der Waals surface area contributed by atoms with Gasteiger partial charge in [0.2, 0.25) is 36.3 Å². The molecule has 2 rings (SSSR count). The fraction of sp³-hybridized carbons (Fsp3) is 0.703. The largest absolute Gasteiger partial charge is 0.454 e.